The van der Waals surface area contributed by atoms with Crippen molar-refractivity contribution in [3.63, 3.8) is 0 Å². The number of carbonyl (C=O) groups excluding carboxylic acids is 1. The number of nitrogens with zero attached hydrogens (tertiary/aromatic N) is 1. The number of rotatable bonds is 3. The second-order valence-corrected chi connectivity index (χ2v) is 4.53. The lowest BCUT2D eigenvalue weighted by Gasteiger charge is -2.26. The van der Waals surface area contributed by atoms with Crippen LogP contribution in [0.5, 0.6) is 0 Å². The third-order valence-electron chi connectivity index (χ3n) is 3.05. The SMILES string of the molecule is Cc1ccc(F)cc1NC(=O)CN1CCNCC1.Cl. The number of aryl methyl sites for hydroxylation is 1. The van der Waals surface area contributed by atoms with Crippen molar-refractivity contribution in [2.24, 2.45) is 0 Å². The van der Waals surface area contributed by atoms with E-state index in [2.05, 4.69) is 15.5 Å². The van der Waals surface area contributed by atoms with Gasteiger partial charge in [-0.25, -0.2) is 4.39 Å². The van der Waals surface area contributed by atoms with Crippen LogP contribution < -0.4 is 10.6 Å². The average molecular weight is 288 g/mol. The first kappa shape index (κ1) is 15.9. The van der Waals surface area contributed by atoms with Crippen LogP contribution in [0.15, 0.2) is 18.2 Å². The highest BCUT2D eigenvalue weighted by Crippen LogP contribution is 2.15. The minimum absolute atomic E-state index is 0. The van der Waals surface area contributed by atoms with Crippen LogP contribution in [0.4, 0.5) is 10.1 Å². The van der Waals surface area contributed by atoms with Gasteiger partial charge in [0.2, 0.25) is 5.91 Å². The molecule has 0 aromatic heterocycles. The second-order valence-electron chi connectivity index (χ2n) is 4.53. The molecule has 2 rings (SSSR count). The summed E-state index contributed by atoms with van der Waals surface area (Å²) in [5.74, 6) is -0.427. The number of amides is 1. The molecular weight excluding hydrogens is 269 g/mol. The van der Waals surface area contributed by atoms with Crippen LogP contribution in [0.3, 0.4) is 0 Å². The lowest BCUT2D eigenvalue weighted by Crippen LogP contribution is -2.46. The zero-order valence-corrected chi connectivity index (χ0v) is 11.7. The number of carbonyl (C=O) groups is 1. The first-order valence-corrected chi connectivity index (χ1v) is 6.14. The summed E-state index contributed by atoms with van der Waals surface area (Å²) in [5, 5.41) is 5.99. The van der Waals surface area contributed by atoms with Crippen molar-refractivity contribution in [1.82, 2.24) is 10.2 Å². The van der Waals surface area contributed by atoms with Crippen LogP contribution in [0.2, 0.25) is 0 Å². The molecule has 19 heavy (non-hydrogen) atoms. The monoisotopic (exact) mass is 287 g/mol. The molecule has 1 aliphatic rings. The molecule has 0 atom stereocenters. The normalized spacial score (nSPS) is 15.7. The summed E-state index contributed by atoms with van der Waals surface area (Å²) in [5.41, 5.74) is 1.42. The number of halogens is 2. The molecule has 106 valence electrons. The van der Waals surface area contributed by atoms with Gasteiger partial charge in [0.15, 0.2) is 0 Å². The maximum absolute atomic E-state index is 13.1. The molecule has 1 aromatic carbocycles. The molecule has 0 radical (unpaired) electrons. The number of anilines is 1. The summed E-state index contributed by atoms with van der Waals surface area (Å²) in [6.45, 7) is 5.77. The first-order valence-electron chi connectivity index (χ1n) is 6.14. The van der Waals surface area contributed by atoms with E-state index in [0.717, 1.165) is 31.7 Å². The van der Waals surface area contributed by atoms with Crippen LogP contribution in [0.1, 0.15) is 5.56 Å². The molecule has 1 amide bonds. The zero-order chi connectivity index (χ0) is 13.0. The maximum atomic E-state index is 13.1. The van der Waals surface area contributed by atoms with Crippen LogP contribution in [0.25, 0.3) is 0 Å². The van der Waals surface area contributed by atoms with Crippen molar-refractivity contribution >= 4 is 24.0 Å². The average Bonchev–Trinajstić information content (AvgIpc) is 2.35. The molecule has 6 heteroatoms. The maximum Gasteiger partial charge on any atom is 0.238 e. The Balaban J connectivity index is 0.00000180. The van der Waals surface area contributed by atoms with E-state index in [-0.39, 0.29) is 24.1 Å². The van der Waals surface area contributed by atoms with E-state index in [1.165, 1.54) is 12.1 Å². The Kier molecular flexibility index (Phi) is 6.21. The molecular formula is C13H19ClFN3O. The number of nitrogens with one attached hydrogen (secondary N) is 2. The molecule has 2 N–H and O–H groups in total. The van der Waals surface area contributed by atoms with E-state index in [1.54, 1.807) is 6.07 Å². The Bertz CT molecular complexity index is 436. The molecule has 1 saturated heterocycles. The van der Waals surface area contributed by atoms with Crippen molar-refractivity contribution in [3.8, 4) is 0 Å². The molecule has 1 fully saturated rings. The van der Waals surface area contributed by atoms with Gasteiger partial charge in [-0.2, -0.15) is 0 Å². The van der Waals surface area contributed by atoms with E-state index >= 15 is 0 Å². The minimum atomic E-state index is -0.335. The van der Waals surface area contributed by atoms with Gasteiger partial charge in [0.1, 0.15) is 5.82 Å². The van der Waals surface area contributed by atoms with Crippen molar-refractivity contribution in [3.05, 3.63) is 29.6 Å². The fourth-order valence-corrected chi connectivity index (χ4v) is 1.99. The Labute approximate surface area is 118 Å². The summed E-state index contributed by atoms with van der Waals surface area (Å²) in [6.07, 6.45) is 0. The predicted octanol–water partition coefficient (Wildman–Crippen LogP) is 1.40. The highest BCUT2D eigenvalue weighted by atomic mass is 35.5. The summed E-state index contributed by atoms with van der Waals surface area (Å²) < 4.78 is 13.1. The number of piperazine rings is 1. The smallest absolute Gasteiger partial charge is 0.238 e. The summed E-state index contributed by atoms with van der Waals surface area (Å²) in [6, 6.07) is 4.40. The third-order valence-corrected chi connectivity index (χ3v) is 3.05. The third kappa shape index (κ3) is 4.78. The van der Waals surface area contributed by atoms with Gasteiger partial charge in [-0.3, -0.25) is 9.69 Å². The highest BCUT2D eigenvalue weighted by molar-refractivity contribution is 5.92. The van der Waals surface area contributed by atoms with E-state index < -0.39 is 0 Å². The van der Waals surface area contributed by atoms with E-state index in [4.69, 9.17) is 0 Å². The Morgan fingerprint density at radius 1 is 1.42 bits per heavy atom. The molecule has 0 spiro atoms. The molecule has 1 heterocycles. The van der Waals surface area contributed by atoms with Crippen molar-refractivity contribution < 1.29 is 9.18 Å². The topological polar surface area (TPSA) is 44.4 Å². The second kappa shape index (κ2) is 7.43. The van der Waals surface area contributed by atoms with Gasteiger partial charge >= 0.3 is 0 Å². The minimum Gasteiger partial charge on any atom is -0.325 e. The number of hydrogen-bond donors (Lipinski definition) is 2. The van der Waals surface area contributed by atoms with E-state index in [9.17, 15) is 9.18 Å². The van der Waals surface area contributed by atoms with Gasteiger partial charge in [-0.15, -0.1) is 12.4 Å². The molecule has 0 aliphatic carbocycles. The van der Waals surface area contributed by atoms with Crippen LogP contribution in [-0.2, 0) is 4.79 Å². The molecule has 0 unspecified atom stereocenters. The lowest BCUT2D eigenvalue weighted by atomic mass is 10.2. The summed E-state index contributed by atoms with van der Waals surface area (Å²) >= 11 is 0. The van der Waals surface area contributed by atoms with Crippen LogP contribution >= 0.6 is 12.4 Å². The number of hydrogen-bond acceptors (Lipinski definition) is 3. The van der Waals surface area contributed by atoms with Crippen LogP contribution in [0, 0.1) is 12.7 Å². The summed E-state index contributed by atoms with van der Waals surface area (Å²) in [7, 11) is 0. The van der Waals surface area contributed by atoms with Gasteiger partial charge < -0.3 is 10.6 Å². The quantitative estimate of drug-likeness (QED) is 0.883. The Hall–Kier alpha value is -1.17. The van der Waals surface area contributed by atoms with Gasteiger partial charge in [0, 0.05) is 31.9 Å². The van der Waals surface area contributed by atoms with E-state index in [1.807, 2.05) is 6.92 Å². The number of benzene rings is 1. The van der Waals surface area contributed by atoms with Gasteiger partial charge in [0.05, 0.1) is 6.54 Å². The molecule has 4 nitrogen and oxygen atoms in total. The van der Waals surface area contributed by atoms with Crippen molar-refractivity contribution in [1.29, 1.82) is 0 Å². The Morgan fingerprint density at radius 3 is 2.79 bits per heavy atom. The zero-order valence-electron chi connectivity index (χ0n) is 10.9. The van der Waals surface area contributed by atoms with Crippen molar-refractivity contribution in [2.75, 3.05) is 38.0 Å². The fourth-order valence-electron chi connectivity index (χ4n) is 1.99. The van der Waals surface area contributed by atoms with Crippen LogP contribution in [-0.4, -0.2) is 43.5 Å². The molecule has 1 aromatic rings. The highest BCUT2D eigenvalue weighted by Gasteiger charge is 2.14. The largest absolute Gasteiger partial charge is 0.325 e. The van der Waals surface area contributed by atoms with Gasteiger partial charge in [-0.05, 0) is 24.6 Å². The standard InChI is InChI=1S/C13H18FN3O.ClH/c1-10-2-3-11(14)8-12(10)16-13(18)9-17-6-4-15-5-7-17;/h2-3,8,15H,4-7,9H2,1H3,(H,16,18);1H. The molecule has 0 saturated carbocycles. The summed E-state index contributed by atoms with van der Waals surface area (Å²) in [4.78, 5) is 13.9. The van der Waals surface area contributed by atoms with Crippen molar-refractivity contribution in [2.45, 2.75) is 6.92 Å². The Morgan fingerprint density at radius 2 is 2.11 bits per heavy atom. The first-order chi connectivity index (χ1) is 8.65. The van der Waals surface area contributed by atoms with Gasteiger partial charge in [0.25, 0.3) is 0 Å². The van der Waals surface area contributed by atoms with Gasteiger partial charge in [-0.1, -0.05) is 6.07 Å². The fraction of sp³-hybridized carbons (Fsp3) is 0.462. The predicted molar refractivity (Wildman–Crippen MR) is 76.3 cm³/mol. The van der Waals surface area contributed by atoms with E-state index in [0.29, 0.717) is 12.2 Å². The molecule has 0 bridgehead atoms. The lowest BCUT2D eigenvalue weighted by molar-refractivity contribution is -0.117. The molecule has 1 aliphatic heterocycles.